The molecule has 5 aliphatic rings. The number of nitrogens with zero attached hydrogens (tertiary/aromatic N) is 2. The van der Waals surface area contributed by atoms with Crippen LogP contribution in [0.15, 0.2) is 18.2 Å². The maximum Gasteiger partial charge on any atom is 0.453 e. The minimum absolute atomic E-state index is 0.0419. The van der Waals surface area contributed by atoms with Crippen LogP contribution >= 0.6 is 0 Å². The van der Waals surface area contributed by atoms with Crippen molar-refractivity contribution in [2.75, 3.05) is 31.1 Å². The lowest BCUT2D eigenvalue weighted by molar-refractivity contribution is -0.284. The molecule has 7 nitrogen and oxygen atoms in total. The fourth-order valence-electron chi connectivity index (χ4n) is 10.9. The number of piperidine rings is 1. The molecule has 4 fully saturated rings. The predicted octanol–water partition coefficient (Wildman–Crippen LogP) is 9.56. The molecule has 2 amide bonds. The van der Waals surface area contributed by atoms with Crippen molar-refractivity contribution in [3.8, 4) is 5.75 Å². The quantitative estimate of drug-likeness (QED) is 0.102. The van der Waals surface area contributed by atoms with Gasteiger partial charge in [0.05, 0.1) is 6.10 Å². The van der Waals surface area contributed by atoms with E-state index in [2.05, 4.69) is 19.1 Å². The maximum absolute atomic E-state index is 13.3. The van der Waals surface area contributed by atoms with E-state index in [4.69, 9.17) is 4.74 Å². The first-order valence-corrected chi connectivity index (χ1v) is 22.5. The number of hydrogen-bond donors (Lipinski definition) is 1. The first-order valence-electron chi connectivity index (χ1n) is 21.0. The number of halogens is 5. The summed E-state index contributed by atoms with van der Waals surface area (Å²) in [6.45, 7) is 4.29. The van der Waals surface area contributed by atoms with Crippen LogP contribution in [0.2, 0.25) is 0 Å². The second-order valence-corrected chi connectivity index (χ2v) is 19.1. The Labute approximate surface area is 326 Å². The molecule has 55 heavy (non-hydrogen) atoms. The first-order chi connectivity index (χ1) is 26.2. The largest absolute Gasteiger partial charge is 0.616 e. The third kappa shape index (κ3) is 9.95. The number of hydrogen-bond acceptors (Lipinski definition) is 5. The van der Waals surface area contributed by atoms with E-state index in [-0.39, 0.29) is 35.3 Å². The smallest absolute Gasteiger partial charge is 0.453 e. The number of likely N-dealkylation sites (tertiary alicyclic amines) is 2. The summed E-state index contributed by atoms with van der Waals surface area (Å²) in [7, 11) is 0. The topological polar surface area (TPSA) is 93.1 Å². The van der Waals surface area contributed by atoms with Crippen molar-refractivity contribution >= 4 is 23.2 Å². The monoisotopic (exact) mass is 800 g/mol. The third-order valence-corrected chi connectivity index (χ3v) is 15.5. The van der Waals surface area contributed by atoms with Crippen LogP contribution in [0.1, 0.15) is 140 Å². The summed E-state index contributed by atoms with van der Waals surface area (Å²) in [5.41, 5.74) is 2.61. The molecule has 3 aliphatic carbocycles. The Morgan fingerprint density at radius 3 is 2.33 bits per heavy atom. The van der Waals surface area contributed by atoms with Gasteiger partial charge in [0.15, 0.2) is 0 Å². The molecule has 0 radical (unpaired) electrons. The zero-order valence-corrected chi connectivity index (χ0v) is 33.3. The molecule has 1 aromatic carbocycles. The fraction of sp³-hybridized carbons (Fsp3) is 0.810. The third-order valence-electron chi connectivity index (χ3n) is 14.0. The molecule has 6 rings (SSSR count). The molecule has 2 saturated heterocycles. The Morgan fingerprint density at radius 2 is 1.64 bits per heavy atom. The van der Waals surface area contributed by atoms with Gasteiger partial charge < -0.3 is 24.2 Å². The summed E-state index contributed by atoms with van der Waals surface area (Å²) in [5.74, 6) is -1.80. The fourth-order valence-corrected chi connectivity index (χ4v) is 12.1. The zero-order chi connectivity index (χ0) is 39.4. The first kappa shape index (κ1) is 42.5. The number of rotatable bonds is 16. The normalized spacial score (nSPS) is 29.2. The van der Waals surface area contributed by atoms with Gasteiger partial charge in [-0.1, -0.05) is 56.3 Å². The molecule has 2 aliphatic heterocycles. The number of benzene rings is 1. The van der Waals surface area contributed by atoms with Crippen LogP contribution in [0.25, 0.3) is 0 Å². The van der Waals surface area contributed by atoms with Gasteiger partial charge in [0, 0.05) is 38.5 Å². The van der Waals surface area contributed by atoms with E-state index in [1.54, 1.807) is 4.90 Å². The van der Waals surface area contributed by atoms with Crippen LogP contribution in [0.5, 0.6) is 5.75 Å². The number of carbonyl (C=O) groups is 2. The molecular weight excluding hydrogens is 740 g/mol. The average Bonchev–Trinajstić information content (AvgIpc) is 3.71. The van der Waals surface area contributed by atoms with E-state index in [1.807, 2.05) is 11.0 Å². The lowest BCUT2D eigenvalue weighted by Crippen LogP contribution is -2.48. The number of fused-ring (bicyclic) bond motifs is 5. The van der Waals surface area contributed by atoms with E-state index in [0.717, 1.165) is 103 Å². The maximum atomic E-state index is 13.3. The molecule has 2 saturated carbocycles. The summed E-state index contributed by atoms with van der Waals surface area (Å²) in [6.07, 6.45) is 8.11. The Morgan fingerprint density at radius 1 is 0.945 bits per heavy atom. The summed E-state index contributed by atoms with van der Waals surface area (Å²) < 4.78 is 81.2. The molecule has 0 spiro atoms. The van der Waals surface area contributed by atoms with Crippen LogP contribution in [-0.4, -0.2) is 86.8 Å². The number of alkyl halides is 5. The molecule has 13 heteroatoms. The van der Waals surface area contributed by atoms with Gasteiger partial charge in [-0.05, 0) is 129 Å². The van der Waals surface area contributed by atoms with Gasteiger partial charge in [0.2, 0.25) is 5.91 Å². The molecule has 310 valence electrons. The number of carbonyl (C=O) groups excluding carboxylic acids is 2. The number of unbranched alkanes of at least 4 members (excludes halogenated alkanes) is 6. The number of aliphatic hydroxyl groups is 1. The average molecular weight is 801 g/mol. The lowest BCUT2D eigenvalue weighted by Gasteiger charge is -2.53. The van der Waals surface area contributed by atoms with Gasteiger partial charge in [0.25, 0.3) is 0 Å². The highest BCUT2D eigenvalue weighted by atomic mass is 32.2. The van der Waals surface area contributed by atoms with Gasteiger partial charge in [-0.2, -0.15) is 22.0 Å². The van der Waals surface area contributed by atoms with Crippen LogP contribution in [0, 0.1) is 23.2 Å². The molecular formula is C42H61F5N2O5S. The Balaban J connectivity index is 0.963. The van der Waals surface area contributed by atoms with Crippen molar-refractivity contribution in [3.05, 3.63) is 29.3 Å². The predicted molar refractivity (Wildman–Crippen MR) is 203 cm³/mol. The lowest BCUT2D eigenvalue weighted by atomic mass is 9.52. The van der Waals surface area contributed by atoms with Crippen molar-refractivity contribution in [2.24, 2.45) is 23.2 Å². The van der Waals surface area contributed by atoms with Gasteiger partial charge in [-0.3, -0.25) is 4.79 Å². The summed E-state index contributed by atoms with van der Waals surface area (Å²) in [6, 6.07) is 6.44. The summed E-state index contributed by atoms with van der Waals surface area (Å²) >= 11 is -1.38. The van der Waals surface area contributed by atoms with Gasteiger partial charge in [-0.25, -0.2) is 4.79 Å². The van der Waals surface area contributed by atoms with Crippen LogP contribution < -0.4 is 4.74 Å². The molecule has 1 unspecified atom stereocenters. The van der Waals surface area contributed by atoms with Crippen LogP contribution in [0.4, 0.5) is 26.7 Å². The van der Waals surface area contributed by atoms with Crippen LogP contribution in [-0.2, 0) is 22.4 Å². The van der Waals surface area contributed by atoms with E-state index in [1.165, 1.54) is 11.1 Å². The molecule has 0 bridgehead atoms. The van der Waals surface area contributed by atoms with Crippen molar-refractivity contribution in [1.82, 2.24) is 9.80 Å². The molecule has 1 N–H and O–H groups in total. The molecule has 0 aromatic heterocycles. The zero-order valence-electron chi connectivity index (χ0n) is 32.4. The number of aliphatic hydroxyl groups excluding tert-OH is 1. The highest BCUT2D eigenvalue weighted by Crippen LogP contribution is 2.63. The summed E-state index contributed by atoms with van der Waals surface area (Å²) in [4.78, 5) is 29.2. The second-order valence-electron chi connectivity index (χ2n) is 17.4. The van der Waals surface area contributed by atoms with E-state index in [0.29, 0.717) is 61.1 Å². The second kappa shape index (κ2) is 18.2. The van der Waals surface area contributed by atoms with Crippen molar-refractivity contribution in [2.45, 2.75) is 159 Å². The van der Waals surface area contributed by atoms with Gasteiger partial charge in [0.1, 0.15) is 17.3 Å². The van der Waals surface area contributed by atoms with Crippen molar-refractivity contribution in [3.63, 3.8) is 0 Å². The van der Waals surface area contributed by atoms with E-state index >= 15 is 0 Å². The molecule has 1 aromatic rings. The highest BCUT2D eigenvalue weighted by Gasteiger charge is 2.57. The number of ether oxygens (including phenoxy) is 1. The summed E-state index contributed by atoms with van der Waals surface area (Å²) in [5, 5.41) is 11.1. The highest BCUT2D eigenvalue weighted by molar-refractivity contribution is 7.91. The number of amides is 2. The van der Waals surface area contributed by atoms with Gasteiger partial charge >= 0.3 is 18.2 Å². The molecule has 7 atom stereocenters. The van der Waals surface area contributed by atoms with E-state index in [9.17, 15) is 41.2 Å². The Kier molecular flexibility index (Phi) is 14.1. The minimum atomic E-state index is -5.56. The van der Waals surface area contributed by atoms with E-state index < -0.39 is 36.1 Å². The van der Waals surface area contributed by atoms with Crippen molar-refractivity contribution < 1.29 is 45.9 Å². The molecule has 2 heterocycles. The minimum Gasteiger partial charge on any atom is -0.616 e. The standard InChI is InChI=1S/C42H61F5N2O5S/c1-40-21-17-34-33-14-13-32(54-39(52)48-23-18-31(19-24-48)49-22-9-12-37(49)51)28-30(33)27-29(38(34)35(40)15-16-36(40)50)11-7-5-3-2-4-6-8-25-55(53)26-10-20-41(43,44)42(45,46)47/h13-14,28-29,31,34-36,38,50H,2-12,15-27H2,1H3/t29-,34-,35+,36+,38-,40+,55?/m1/s1. The Hall–Kier alpha value is -2.12. The van der Waals surface area contributed by atoms with Crippen molar-refractivity contribution in [1.29, 1.82) is 0 Å². The Bertz CT molecular complexity index is 1460. The van der Waals surface area contributed by atoms with Gasteiger partial charge in [-0.15, -0.1) is 0 Å². The SMILES string of the molecule is C[C@]12CC[C@@H]3c4ccc(OC(=O)N5CCC(N6CCCC6=O)CC5)cc4C[C@@H](CCCCCCCCC[S+]([O-])CCCC(F)(F)C(F)(F)F)[C@H]3[C@@H]1CC[C@@H]2O. The van der Waals surface area contributed by atoms with Crippen LogP contribution in [0.3, 0.4) is 0 Å².